The van der Waals surface area contributed by atoms with Gasteiger partial charge < -0.3 is 89.9 Å². The highest BCUT2D eigenvalue weighted by Gasteiger charge is 2.53. The molecule has 19 heteroatoms. The molecule has 0 aromatic heterocycles. The van der Waals surface area contributed by atoms with Crippen LogP contribution in [0.5, 0.6) is 0 Å². The van der Waals surface area contributed by atoms with Crippen LogP contribution in [0.1, 0.15) is 226 Å². The van der Waals surface area contributed by atoms with E-state index in [-0.39, 0.29) is 18.9 Å². The zero-order valence-corrected chi connectivity index (χ0v) is 52.5. The van der Waals surface area contributed by atoms with Crippen molar-refractivity contribution in [2.24, 2.45) is 0 Å². The zero-order chi connectivity index (χ0) is 62.6. The summed E-state index contributed by atoms with van der Waals surface area (Å²) in [6, 6.07) is -0.945. The molecule has 0 spiro atoms. The van der Waals surface area contributed by atoms with E-state index in [0.29, 0.717) is 19.3 Å². The van der Waals surface area contributed by atoms with Gasteiger partial charge in [-0.1, -0.05) is 242 Å². The van der Waals surface area contributed by atoms with Gasteiger partial charge in [0.15, 0.2) is 18.9 Å². The summed E-state index contributed by atoms with van der Waals surface area (Å²) in [7, 11) is 0. The van der Waals surface area contributed by atoms with Gasteiger partial charge in [0, 0.05) is 6.42 Å². The van der Waals surface area contributed by atoms with Gasteiger partial charge in [-0.05, 0) is 38.5 Å². The normalized spacial score (nSPS) is 29.2. The van der Waals surface area contributed by atoms with Gasteiger partial charge in [-0.2, -0.15) is 0 Å². The van der Waals surface area contributed by atoms with Crippen LogP contribution in [-0.2, 0) is 33.2 Å². The molecule has 12 N–H and O–H groups in total. The molecule has 0 aromatic rings. The van der Waals surface area contributed by atoms with E-state index >= 15 is 0 Å². The van der Waals surface area contributed by atoms with Crippen molar-refractivity contribution < 1.29 is 89.4 Å². The maximum Gasteiger partial charge on any atom is 0.224 e. The summed E-state index contributed by atoms with van der Waals surface area (Å²) in [4.78, 5) is 13.3. The fraction of sp³-hybridized carbons (Fsp3) is 0.836. The van der Waals surface area contributed by atoms with Crippen molar-refractivity contribution in [1.29, 1.82) is 0 Å². The molecule has 3 aliphatic heterocycles. The molecule has 3 heterocycles. The van der Waals surface area contributed by atoms with Crippen molar-refractivity contribution in [3.05, 3.63) is 60.8 Å². The first-order valence-corrected chi connectivity index (χ1v) is 33.5. The molecule has 3 saturated heterocycles. The minimum Gasteiger partial charge on any atom is -0.394 e. The van der Waals surface area contributed by atoms with Crippen LogP contribution in [0.25, 0.3) is 0 Å². The average molecular weight is 1230 g/mol. The summed E-state index contributed by atoms with van der Waals surface area (Å²) in [5.74, 6) is -0.369. The van der Waals surface area contributed by atoms with Crippen LogP contribution in [0.15, 0.2) is 60.8 Å². The van der Waals surface area contributed by atoms with E-state index in [1.165, 1.54) is 141 Å². The molecule has 19 nitrogen and oxygen atoms in total. The van der Waals surface area contributed by atoms with Gasteiger partial charge in [0.25, 0.3) is 0 Å². The fourth-order valence-electron chi connectivity index (χ4n) is 11.2. The Hall–Kier alpha value is -2.51. The summed E-state index contributed by atoms with van der Waals surface area (Å²) in [6.07, 6.45) is 32.0. The van der Waals surface area contributed by atoms with Crippen molar-refractivity contribution in [1.82, 2.24) is 5.32 Å². The Morgan fingerprint density at radius 2 is 0.756 bits per heavy atom. The fourth-order valence-corrected chi connectivity index (χ4v) is 11.2. The summed E-state index contributed by atoms with van der Waals surface area (Å²) >= 11 is 0. The molecule has 3 rings (SSSR count). The van der Waals surface area contributed by atoms with Gasteiger partial charge in [0.1, 0.15) is 73.2 Å². The van der Waals surface area contributed by atoms with Gasteiger partial charge in [-0.15, -0.1) is 0 Å². The number of carbonyl (C=O) groups excluding carboxylic acids is 1. The Morgan fingerprint density at radius 3 is 1.15 bits per heavy atom. The lowest BCUT2D eigenvalue weighted by Gasteiger charge is -2.48. The third-order valence-corrected chi connectivity index (χ3v) is 16.6. The quantitative estimate of drug-likeness (QED) is 0.0203. The summed E-state index contributed by atoms with van der Waals surface area (Å²) in [5.41, 5.74) is 0. The molecular weight excluding hydrogens is 1110 g/mol. The lowest BCUT2D eigenvalue weighted by molar-refractivity contribution is -0.379. The second-order valence-electron chi connectivity index (χ2n) is 23.9. The average Bonchev–Trinajstić information content (AvgIpc) is 2.24. The Bertz CT molecular complexity index is 1800. The van der Waals surface area contributed by atoms with Crippen LogP contribution < -0.4 is 5.32 Å². The maximum atomic E-state index is 13.3. The Morgan fingerprint density at radius 1 is 0.419 bits per heavy atom. The summed E-state index contributed by atoms with van der Waals surface area (Å²) in [5, 5.41) is 120. The van der Waals surface area contributed by atoms with Crippen LogP contribution in [0, 0.1) is 0 Å². The lowest BCUT2D eigenvalue weighted by atomic mass is 9.96. The SMILES string of the molecule is CC/C=C\C/C=C\C/C=C\C/C=C\C/C=C\CC(=O)NC(COC1OC(CO)C(OC2OC(CO)C(OC3OC(CO)C(O)C(O)C3O)C(O)C2O)C(O)C1O)C(O)CCCCCCCCCCCCCCCCCCCCCCCCCCCC. The van der Waals surface area contributed by atoms with Gasteiger partial charge >= 0.3 is 0 Å². The first-order valence-electron chi connectivity index (χ1n) is 33.5. The zero-order valence-electron chi connectivity index (χ0n) is 52.5. The minimum atomic E-state index is -1.98. The van der Waals surface area contributed by atoms with Crippen LogP contribution in [-0.4, -0.2) is 193 Å². The molecule has 500 valence electrons. The molecule has 17 unspecified atom stereocenters. The number of ether oxygens (including phenoxy) is 6. The summed E-state index contributed by atoms with van der Waals surface area (Å²) < 4.78 is 34.3. The van der Waals surface area contributed by atoms with Crippen LogP contribution >= 0.6 is 0 Å². The highest BCUT2D eigenvalue weighted by atomic mass is 16.8. The molecule has 0 aliphatic carbocycles. The third-order valence-electron chi connectivity index (χ3n) is 16.6. The highest BCUT2D eigenvalue weighted by molar-refractivity contribution is 5.77. The number of amides is 1. The molecule has 0 aromatic carbocycles. The van der Waals surface area contributed by atoms with E-state index in [1.807, 2.05) is 12.2 Å². The van der Waals surface area contributed by atoms with E-state index in [4.69, 9.17) is 28.4 Å². The first-order chi connectivity index (χ1) is 41.8. The lowest BCUT2D eigenvalue weighted by Crippen LogP contribution is -2.66. The molecule has 3 fully saturated rings. The largest absolute Gasteiger partial charge is 0.394 e. The smallest absolute Gasteiger partial charge is 0.224 e. The highest BCUT2D eigenvalue weighted by Crippen LogP contribution is 2.33. The van der Waals surface area contributed by atoms with E-state index in [0.717, 1.165) is 44.9 Å². The third kappa shape index (κ3) is 31.5. The van der Waals surface area contributed by atoms with Crippen molar-refractivity contribution in [2.75, 3.05) is 26.4 Å². The molecule has 17 atom stereocenters. The van der Waals surface area contributed by atoms with Crippen LogP contribution in [0.2, 0.25) is 0 Å². The number of hydrogen-bond acceptors (Lipinski definition) is 18. The number of aliphatic hydroxyl groups excluding tert-OH is 11. The van der Waals surface area contributed by atoms with Crippen molar-refractivity contribution in [3.8, 4) is 0 Å². The number of allylic oxidation sites excluding steroid dienone is 9. The second kappa shape index (κ2) is 49.2. The predicted molar refractivity (Wildman–Crippen MR) is 332 cm³/mol. The molecule has 3 aliphatic rings. The molecule has 86 heavy (non-hydrogen) atoms. The number of aliphatic hydroxyl groups is 11. The van der Waals surface area contributed by atoms with Crippen molar-refractivity contribution in [2.45, 2.75) is 330 Å². The van der Waals surface area contributed by atoms with E-state index < -0.39 is 124 Å². The Balaban J connectivity index is 1.44. The molecule has 1 amide bonds. The van der Waals surface area contributed by atoms with Crippen LogP contribution in [0.3, 0.4) is 0 Å². The number of unbranched alkanes of at least 4 members (excludes halogenated alkanes) is 25. The van der Waals surface area contributed by atoms with Gasteiger partial charge in [0.2, 0.25) is 5.91 Å². The molecular formula is C67H119NO18. The standard InChI is InChI=1S/C67H119NO18/c1-3-5-7-9-11-13-15-17-19-20-21-22-23-24-25-26-27-28-29-31-32-34-36-38-40-42-44-51(72)50(68-55(73)45-43-41-39-37-35-33-30-18-16-14-12-10-8-6-4-2)49-81-65-61(79)58(76)63(53(47-70)83-65)86-67-62(80)59(77)64(54(48-71)84-67)85-66-60(78)57(75)56(74)52(46-69)82-66/h6,8,12,14,18,30,35,37,41,43,50-54,56-67,69-72,74-80H,3-5,7,9-11,13,15-17,19-29,31-34,36,38-40,42,44-49H2,1-2H3,(H,68,73)/b8-6-,14-12-,30-18-,37-35-,43-41-. The topological polar surface area (TPSA) is 307 Å². The monoisotopic (exact) mass is 1230 g/mol. The molecule has 0 saturated carbocycles. The van der Waals surface area contributed by atoms with E-state index in [1.54, 1.807) is 6.08 Å². The van der Waals surface area contributed by atoms with Crippen LogP contribution in [0.4, 0.5) is 0 Å². The van der Waals surface area contributed by atoms with E-state index in [9.17, 15) is 61.0 Å². The van der Waals surface area contributed by atoms with E-state index in [2.05, 4.69) is 61.7 Å². The number of nitrogens with one attached hydrogen (secondary N) is 1. The van der Waals surface area contributed by atoms with Gasteiger partial charge in [-0.3, -0.25) is 4.79 Å². The molecule has 0 radical (unpaired) electrons. The van der Waals surface area contributed by atoms with Crippen molar-refractivity contribution in [3.63, 3.8) is 0 Å². The van der Waals surface area contributed by atoms with Gasteiger partial charge in [-0.25, -0.2) is 0 Å². The predicted octanol–water partition coefficient (Wildman–Crippen LogP) is 7.99. The number of carbonyl (C=O) groups is 1. The first kappa shape index (κ1) is 77.7. The number of rotatable bonds is 50. The summed E-state index contributed by atoms with van der Waals surface area (Å²) in [6.45, 7) is 1.62. The van der Waals surface area contributed by atoms with Gasteiger partial charge in [0.05, 0.1) is 38.6 Å². The Kier molecular flexibility index (Phi) is 44.5. The maximum absolute atomic E-state index is 13.3. The number of hydrogen-bond donors (Lipinski definition) is 12. The van der Waals surface area contributed by atoms with Crippen molar-refractivity contribution >= 4 is 5.91 Å². The second-order valence-corrected chi connectivity index (χ2v) is 23.9. The Labute approximate surface area is 515 Å². The molecule has 0 bridgehead atoms. The minimum absolute atomic E-state index is 0.0324.